The molecule has 2 aliphatic rings. The standard InChI is InChI=1S/C17H25NO/c1-18(12-17(13-19)9-4-10-17)16-8-7-14-5-2-3-6-15(14)11-16/h7-8,11,19H,2-6,9-10,12-13H2,1H3. The highest BCUT2D eigenvalue weighted by atomic mass is 16.3. The van der Waals surface area contributed by atoms with E-state index in [-0.39, 0.29) is 5.41 Å². The molecule has 1 N–H and O–H groups in total. The molecule has 0 unspecified atom stereocenters. The Morgan fingerprint density at radius 1 is 1.11 bits per heavy atom. The van der Waals surface area contributed by atoms with Crippen molar-refractivity contribution in [1.29, 1.82) is 0 Å². The molecular weight excluding hydrogens is 234 g/mol. The molecule has 19 heavy (non-hydrogen) atoms. The predicted molar refractivity (Wildman–Crippen MR) is 79.7 cm³/mol. The van der Waals surface area contributed by atoms with Gasteiger partial charge in [-0.1, -0.05) is 12.5 Å². The summed E-state index contributed by atoms with van der Waals surface area (Å²) in [5.74, 6) is 0. The summed E-state index contributed by atoms with van der Waals surface area (Å²) in [4.78, 5) is 2.34. The number of aliphatic hydroxyl groups excluding tert-OH is 1. The first-order chi connectivity index (χ1) is 9.22. The average molecular weight is 259 g/mol. The van der Waals surface area contributed by atoms with Crippen LogP contribution in [0, 0.1) is 5.41 Å². The number of fused-ring (bicyclic) bond motifs is 1. The van der Waals surface area contributed by atoms with Crippen molar-refractivity contribution in [2.75, 3.05) is 25.1 Å². The zero-order valence-corrected chi connectivity index (χ0v) is 12.0. The van der Waals surface area contributed by atoms with Crippen molar-refractivity contribution in [3.05, 3.63) is 29.3 Å². The maximum atomic E-state index is 9.60. The molecule has 0 saturated heterocycles. The number of anilines is 1. The molecule has 0 bridgehead atoms. The van der Waals surface area contributed by atoms with E-state index in [1.54, 1.807) is 11.1 Å². The molecule has 0 aromatic heterocycles. The van der Waals surface area contributed by atoms with Gasteiger partial charge in [-0.25, -0.2) is 0 Å². The normalized spacial score (nSPS) is 20.5. The van der Waals surface area contributed by atoms with Crippen LogP contribution in [0.4, 0.5) is 5.69 Å². The fourth-order valence-corrected chi connectivity index (χ4v) is 3.59. The molecule has 2 heteroatoms. The zero-order chi connectivity index (χ0) is 13.3. The van der Waals surface area contributed by atoms with Gasteiger partial charge in [0.15, 0.2) is 0 Å². The highest BCUT2D eigenvalue weighted by Gasteiger charge is 2.37. The number of hydrogen-bond acceptors (Lipinski definition) is 2. The van der Waals surface area contributed by atoms with Crippen LogP contribution < -0.4 is 4.90 Å². The van der Waals surface area contributed by atoms with Crippen LogP contribution in [0.15, 0.2) is 18.2 Å². The first kappa shape index (κ1) is 13.0. The number of hydrogen-bond donors (Lipinski definition) is 1. The minimum Gasteiger partial charge on any atom is -0.396 e. The molecular formula is C17H25NO. The first-order valence-electron chi connectivity index (χ1n) is 7.66. The van der Waals surface area contributed by atoms with E-state index in [2.05, 4.69) is 30.1 Å². The molecule has 0 aliphatic heterocycles. The number of aliphatic hydroxyl groups is 1. The van der Waals surface area contributed by atoms with Gasteiger partial charge < -0.3 is 10.0 Å². The van der Waals surface area contributed by atoms with E-state index in [0.29, 0.717) is 6.61 Å². The summed E-state index contributed by atoms with van der Waals surface area (Å²) in [6, 6.07) is 6.94. The summed E-state index contributed by atoms with van der Waals surface area (Å²) >= 11 is 0. The molecule has 2 aliphatic carbocycles. The summed E-state index contributed by atoms with van der Waals surface area (Å²) in [6.07, 6.45) is 8.80. The number of rotatable bonds is 4. The molecule has 1 aromatic rings. The lowest BCUT2D eigenvalue weighted by molar-refractivity contribution is 0.0524. The summed E-state index contributed by atoms with van der Waals surface area (Å²) in [5.41, 5.74) is 4.58. The first-order valence-corrected chi connectivity index (χ1v) is 7.66. The Bertz CT molecular complexity index is 445. The van der Waals surface area contributed by atoms with Crippen LogP contribution in [0.5, 0.6) is 0 Å². The third-order valence-corrected chi connectivity index (χ3v) is 5.10. The largest absolute Gasteiger partial charge is 0.396 e. The second-order valence-corrected chi connectivity index (χ2v) is 6.53. The Kier molecular flexibility index (Phi) is 3.53. The predicted octanol–water partition coefficient (Wildman–Crippen LogP) is 3.16. The van der Waals surface area contributed by atoms with Gasteiger partial charge in [-0.3, -0.25) is 0 Å². The number of aryl methyl sites for hydroxylation is 2. The lowest BCUT2D eigenvalue weighted by atomic mass is 9.69. The molecule has 1 saturated carbocycles. The van der Waals surface area contributed by atoms with Crippen molar-refractivity contribution < 1.29 is 5.11 Å². The van der Waals surface area contributed by atoms with Crippen LogP contribution in [0.3, 0.4) is 0 Å². The summed E-state index contributed by atoms with van der Waals surface area (Å²) < 4.78 is 0. The lowest BCUT2D eigenvalue weighted by Gasteiger charge is -2.43. The van der Waals surface area contributed by atoms with Gasteiger partial charge in [0.2, 0.25) is 0 Å². The highest BCUT2D eigenvalue weighted by Crippen LogP contribution is 2.41. The van der Waals surface area contributed by atoms with Crippen molar-refractivity contribution in [2.24, 2.45) is 5.41 Å². The fraction of sp³-hybridized carbons (Fsp3) is 0.647. The van der Waals surface area contributed by atoms with E-state index in [1.807, 2.05) is 0 Å². The monoisotopic (exact) mass is 259 g/mol. The molecule has 0 heterocycles. The highest BCUT2D eigenvalue weighted by molar-refractivity contribution is 5.51. The van der Waals surface area contributed by atoms with E-state index in [4.69, 9.17) is 0 Å². The van der Waals surface area contributed by atoms with Crippen molar-refractivity contribution in [1.82, 2.24) is 0 Å². The maximum absolute atomic E-state index is 9.60. The van der Waals surface area contributed by atoms with E-state index < -0.39 is 0 Å². The minimum atomic E-state index is 0.171. The fourth-order valence-electron chi connectivity index (χ4n) is 3.59. The SMILES string of the molecule is CN(CC1(CO)CCC1)c1ccc2c(c1)CCCC2. The van der Waals surface area contributed by atoms with Gasteiger partial charge in [0.05, 0.1) is 6.61 Å². The van der Waals surface area contributed by atoms with Gasteiger partial charge in [0.1, 0.15) is 0 Å². The Hall–Kier alpha value is -1.02. The van der Waals surface area contributed by atoms with Gasteiger partial charge >= 0.3 is 0 Å². The number of nitrogens with zero attached hydrogens (tertiary/aromatic N) is 1. The van der Waals surface area contributed by atoms with Crippen molar-refractivity contribution in [3.8, 4) is 0 Å². The van der Waals surface area contributed by atoms with Crippen LogP contribution in [0.25, 0.3) is 0 Å². The summed E-state index contributed by atoms with van der Waals surface area (Å²) in [6.45, 7) is 1.32. The van der Waals surface area contributed by atoms with E-state index in [1.165, 1.54) is 50.6 Å². The minimum absolute atomic E-state index is 0.171. The van der Waals surface area contributed by atoms with E-state index in [9.17, 15) is 5.11 Å². The molecule has 1 aromatic carbocycles. The topological polar surface area (TPSA) is 23.5 Å². The molecule has 0 radical (unpaired) electrons. The third kappa shape index (κ3) is 2.51. The van der Waals surface area contributed by atoms with Gasteiger partial charge in [0.25, 0.3) is 0 Å². The van der Waals surface area contributed by atoms with Crippen LogP contribution in [0.1, 0.15) is 43.2 Å². The van der Waals surface area contributed by atoms with Crippen LogP contribution in [-0.2, 0) is 12.8 Å². The second-order valence-electron chi connectivity index (χ2n) is 6.53. The Morgan fingerprint density at radius 3 is 2.47 bits per heavy atom. The maximum Gasteiger partial charge on any atom is 0.0504 e. The average Bonchev–Trinajstić information content (AvgIpc) is 2.42. The van der Waals surface area contributed by atoms with E-state index in [0.717, 1.165) is 6.54 Å². The molecule has 0 atom stereocenters. The molecule has 0 spiro atoms. The van der Waals surface area contributed by atoms with Gasteiger partial charge in [-0.2, -0.15) is 0 Å². The zero-order valence-electron chi connectivity index (χ0n) is 12.0. The third-order valence-electron chi connectivity index (χ3n) is 5.10. The Balaban J connectivity index is 1.74. The number of benzene rings is 1. The van der Waals surface area contributed by atoms with Crippen molar-refractivity contribution >= 4 is 5.69 Å². The molecule has 104 valence electrons. The van der Waals surface area contributed by atoms with Gasteiger partial charge in [-0.15, -0.1) is 0 Å². The quantitative estimate of drug-likeness (QED) is 0.898. The van der Waals surface area contributed by atoms with Crippen LogP contribution >= 0.6 is 0 Å². The van der Waals surface area contributed by atoms with E-state index >= 15 is 0 Å². The van der Waals surface area contributed by atoms with Crippen LogP contribution in [0.2, 0.25) is 0 Å². The van der Waals surface area contributed by atoms with Gasteiger partial charge in [0, 0.05) is 24.7 Å². The summed E-state index contributed by atoms with van der Waals surface area (Å²) in [7, 11) is 2.17. The van der Waals surface area contributed by atoms with Gasteiger partial charge in [-0.05, 0) is 61.8 Å². The smallest absolute Gasteiger partial charge is 0.0504 e. The van der Waals surface area contributed by atoms with Crippen LogP contribution in [-0.4, -0.2) is 25.3 Å². The molecule has 2 nitrogen and oxygen atoms in total. The molecule has 1 fully saturated rings. The molecule has 0 amide bonds. The van der Waals surface area contributed by atoms with Crippen molar-refractivity contribution in [3.63, 3.8) is 0 Å². The molecule has 3 rings (SSSR count). The Morgan fingerprint density at radius 2 is 1.84 bits per heavy atom. The lowest BCUT2D eigenvalue weighted by Crippen LogP contribution is -2.43. The second kappa shape index (κ2) is 5.16. The summed E-state index contributed by atoms with van der Waals surface area (Å²) in [5, 5.41) is 9.60. The Labute approximate surface area is 116 Å². The van der Waals surface area contributed by atoms with Crippen molar-refractivity contribution in [2.45, 2.75) is 44.9 Å².